The van der Waals surface area contributed by atoms with Gasteiger partial charge in [0.05, 0.1) is 19.8 Å². The lowest BCUT2D eigenvalue weighted by molar-refractivity contribution is -0.307. The average Bonchev–Trinajstić information content (AvgIpc) is 3.35. The van der Waals surface area contributed by atoms with Crippen LogP contribution in [0.15, 0.2) is 12.2 Å². The summed E-state index contributed by atoms with van der Waals surface area (Å²) in [6.07, 6.45) is -6.74. The number of epoxide rings is 1. The van der Waals surface area contributed by atoms with Crippen LogP contribution in [0.25, 0.3) is 0 Å². The van der Waals surface area contributed by atoms with E-state index in [1.54, 1.807) is 0 Å². The molecule has 2 saturated carbocycles. The van der Waals surface area contributed by atoms with Crippen molar-refractivity contribution in [3.63, 3.8) is 0 Å². The number of ether oxygens (including phenoxy) is 4. The Morgan fingerprint density at radius 2 is 1.97 bits per heavy atom. The van der Waals surface area contributed by atoms with Crippen molar-refractivity contribution >= 4 is 5.97 Å². The van der Waals surface area contributed by atoms with Gasteiger partial charge in [0.1, 0.15) is 47.1 Å². The summed E-state index contributed by atoms with van der Waals surface area (Å²) in [7, 11) is 0. The van der Waals surface area contributed by atoms with Crippen LogP contribution in [0, 0.1) is 17.3 Å². The fourth-order valence-corrected chi connectivity index (χ4v) is 6.16. The maximum atomic E-state index is 12.9. The summed E-state index contributed by atoms with van der Waals surface area (Å²) in [5.74, 6) is -0.999. The maximum absolute atomic E-state index is 12.9. The van der Waals surface area contributed by atoms with E-state index in [2.05, 4.69) is 6.58 Å². The molecular formula is C20H28O10. The van der Waals surface area contributed by atoms with Gasteiger partial charge in [-0.25, -0.2) is 0 Å². The standard InChI is InChI=1S/C20H28O10/c1-8-3-4-19(26)11-6-27-17(25)18(11,16-20(19,30-16)9(8)2)7-28-15-14(24)13(23)12(22)10(5-21)29-15/h8,10-16,21-24,26H,2-7H2,1H3. The van der Waals surface area contributed by atoms with Crippen LogP contribution in [-0.2, 0) is 23.7 Å². The number of carbonyl (C=O) groups excluding carboxylic acids is 1. The maximum Gasteiger partial charge on any atom is 0.317 e. The van der Waals surface area contributed by atoms with Crippen LogP contribution in [-0.4, -0.2) is 99.3 Å². The summed E-state index contributed by atoms with van der Waals surface area (Å²) in [6.45, 7) is 5.31. The predicted octanol–water partition coefficient (Wildman–Crippen LogP) is -2.17. The van der Waals surface area contributed by atoms with E-state index in [0.29, 0.717) is 12.8 Å². The van der Waals surface area contributed by atoms with Gasteiger partial charge in [0.2, 0.25) is 0 Å². The molecule has 5 aliphatic rings. The normalized spacial score (nSPS) is 56.9. The average molecular weight is 428 g/mol. The Balaban J connectivity index is 1.43. The van der Waals surface area contributed by atoms with Gasteiger partial charge in [-0.2, -0.15) is 0 Å². The zero-order valence-electron chi connectivity index (χ0n) is 16.6. The molecule has 0 radical (unpaired) electrons. The van der Waals surface area contributed by atoms with E-state index in [-0.39, 0.29) is 19.1 Å². The molecule has 5 N–H and O–H groups in total. The highest BCUT2D eigenvalue weighted by molar-refractivity contribution is 5.84. The SMILES string of the molecule is C=C1C(C)CCC2(O)C3COC(=O)C3(COC3OC(CO)C(O)C(O)C3O)C3OC132. The molecule has 168 valence electrons. The summed E-state index contributed by atoms with van der Waals surface area (Å²) >= 11 is 0. The van der Waals surface area contributed by atoms with E-state index in [1.165, 1.54) is 0 Å². The fraction of sp³-hybridized carbons (Fsp3) is 0.850. The van der Waals surface area contributed by atoms with E-state index in [0.717, 1.165) is 5.57 Å². The van der Waals surface area contributed by atoms with Gasteiger partial charge in [-0.1, -0.05) is 13.5 Å². The molecule has 0 bridgehead atoms. The Kier molecular flexibility index (Phi) is 4.47. The first kappa shape index (κ1) is 20.8. The predicted molar refractivity (Wildman–Crippen MR) is 96.7 cm³/mol. The molecule has 10 heteroatoms. The number of hydrogen-bond donors (Lipinski definition) is 5. The van der Waals surface area contributed by atoms with Crippen LogP contribution in [0.1, 0.15) is 19.8 Å². The third-order valence-electron chi connectivity index (χ3n) is 8.05. The first-order chi connectivity index (χ1) is 14.1. The van der Waals surface area contributed by atoms with Crippen molar-refractivity contribution in [1.29, 1.82) is 0 Å². The number of carbonyl (C=O) groups is 1. The minimum absolute atomic E-state index is 0.0245. The van der Waals surface area contributed by atoms with Crippen LogP contribution in [0.3, 0.4) is 0 Å². The molecule has 3 saturated heterocycles. The molecular weight excluding hydrogens is 400 g/mol. The van der Waals surface area contributed by atoms with E-state index in [1.807, 2.05) is 6.92 Å². The number of aliphatic hydroxyl groups excluding tert-OH is 4. The number of aliphatic hydroxyl groups is 5. The minimum atomic E-state index is -1.59. The lowest BCUT2D eigenvalue weighted by atomic mass is 9.66. The molecule has 30 heavy (non-hydrogen) atoms. The molecule has 3 aliphatic heterocycles. The third-order valence-corrected chi connectivity index (χ3v) is 8.05. The Bertz CT molecular complexity index is 771. The van der Waals surface area contributed by atoms with Gasteiger partial charge in [-0.3, -0.25) is 4.79 Å². The second-order valence-electron chi connectivity index (χ2n) is 9.32. The monoisotopic (exact) mass is 428 g/mol. The summed E-state index contributed by atoms with van der Waals surface area (Å²) < 4.78 is 22.5. The van der Waals surface area contributed by atoms with Gasteiger partial charge in [-0.05, 0) is 24.3 Å². The Labute approximate surface area is 173 Å². The van der Waals surface area contributed by atoms with Crippen LogP contribution in [0.5, 0.6) is 0 Å². The second-order valence-corrected chi connectivity index (χ2v) is 9.32. The van der Waals surface area contributed by atoms with Crippen LogP contribution < -0.4 is 0 Å². The Morgan fingerprint density at radius 1 is 1.23 bits per heavy atom. The van der Waals surface area contributed by atoms with Crippen LogP contribution in [0.2, 0.25) is 0 Å². The summed E-state index contributed by atoms with van der Waals surface area (Å²) in [5, 5.41) is 51.2. The van der Waals surface area contributed by atoms with Crippen molar-refractivity contribution in [3.8, 4) is 0 Å². The second kappa shape index (κ2) is 6.46. The van der Waals surface area contributed by atoms with Gasteiger partial charge in [0.15, 0.2) is 6.29 Å². The summed E-state index contributed by atoms with van der Waals surface area (Å²) in [4.78, 5) is 12.9. The van der Waals surface area contributed by atoms with Crippen molar-refractivity contribution < 1.29 is 49.3 Å². The van der Waals surface area contributed by atoms with Crippen molar-refractivity contribution in [2.24, 2.45) is 17.3 Å². The molecule has 0 aromatic heterocycles. The number of hydrogen-bond acceptors (Lipinski definition) is 10. The highest BCUT2D eigenvalue weighted by atomic mass is 16.7. The van der Waals surface area contributed by atoms with Crippen molar-refractivity contribution in [1.82, 2.24) is 0 Å². The zero-order valence-corrected chi connectivity index (χ0v) is 16.6. The molecule has 1 spiro atoms. The molecule has 0 amide bonds. The molecule has 2 aliphatic carbocycles. The minimum Gasteiger partial charge on any atom is -0.465 e. The van der Waals surface area contributed by atoms with E-state index >= 15 is 0 Å². The van der Waals surface area contributed by atoms with Gasteiger partial charge < -0.3 is 44.5 Å². The zero-order chi connectivity index (χ0) is 21.6. The van der Waals surface area contributed by atoms with Crippen LogP contribution in [0.4, 0.5) is 0 Å². The van der Waals surface area contributed by atoms with Gasteiger partial charge in [0.25, 0.3) is 0 Å². The molecule has 5 rings (SSSR count). The number of esters is 1. The third kappa shape index (κ3) is 2.23. The number of fused-ring (bicyclic) bond motifs is 3. The Morgan fingerprint density at radius 3 is 2.67 bits per heavy atom. The Hall–Kier alpha value is -1.11. The summed E-state index contributed by atoms with van der Waals surface area (Å²) in [5.41, 5.74) is -2.88. The molecule has 0 aromatic rings. The van der Waals surface area contributed by atoms with Crippen molar-refractivity contribution in [2.45, 2.75) is 67.8 Å². The topological polar surface area (TPSA) is 158 Å². The lowest BCUT2D eigenvalue weighted by Crippen LogP contribution is -2.60. The molecule has 10 nitrogen and oxygen atoms in total. The molecule has 0 aromatic carbocycles. The lowest BCUT2D eigenvalue weighted by Gasteiger charge is -2.44. The highest BCUT2D eigenvalue weighted by Gasteiger charge is 2.91. The fourth-order valence-electron chi connectivity index (χ4n) is 6.16. The van der Waals surface area contributed by atoms with Gasteiger partial charge >= 0.3 is 5.97 Å². The van der Waals surface area contributed by atoms with E-state index in [4.69, 9.17) is 18.9 Å². The molecule has 5 fully saturated rings. The van der Waals surface area contributed by atoms with Gasteiger partial charge in [-0.15, -0.1) is 0 Å². The smallest absolute Gasteiger partial charge is 0.317 e. The molecule has 11 unspecified atom stereocenters. The molecule has 3 heterocycles. The van der Waals surface area contributed by atoms with Crippen molar-refractivity contribution in [3.05, 3.63) is 12.2 Å². The first-order valence-electron chi connectivity index (χ1n) is 10.3. The van der Waals surface area contributed by atoms with E-state index < -0.39 is 71.9 Å². The highest BCUT2D eigenvalue weighted by Crippen LogP contribution is 2.75. The first-order valence-corrected chi connectivity index (χ1v) is 10.3. The summed E-state index contributed by atoms with van der Waals surface area (Å²) in [6, 6.07) is 0. The van der Waals surface area contributed by atoms with Gasteiger partial charge in [0, 0.05) is 5.92 Å². The largest absolute Gasteiger partial charge is 0.465 e. The molecule has 11 atom stereocenters. The quantitative estimate of drug-likeness (QED) is 0.190. The van der Waals surface area contributed by atoms with Crippen LogP contribution >= 0.6 is 0 Å². The number of cyclic esters (lactones) is 1. The van der Waals surface area contributed by atoms with Crippen molar-refractivity contribution in [2.75, 3.05) is 19.8 Å². The number of rotatable bonds is 4. The van der Waals surface area contributed by atoms with E-state index in [9.17, 15) is 30.3 Å².